The fraction of sp³-hybridized carbons (Fsp3) is 0.588. The fourth-order valence-electron chi connectivity index (χ4n) is 2.91. The second-order valence-electron chi connectivity index (χ2n) is 6.92. The lowest BCUT2D eigenvalue weighted by molar-refractivity contribution is -0.192. The van der Waals surface area contributed by atoms with Crippen molar-refractivity contribution in [2.24, 2.45) is 7.05 Å². The standard InChI is InChI=1S/C15H23N5O.C2HF3O2/c1-11(2)20-7-12(5-17-20)6-19-8-14-15(4-13(19)9-21)18(3)10-16-14;3-2(4,5)1(6)7/h5,7,10-11,13,21H,4,6,8-9H2,1-3H3;(H,6,7). The van der Waals surface area contributed by atoms with Gasteiger partial charge in [-0.1, -0.05) is 0 Å². The molecule has 0 bridgehead atoms. The Labute approximate surface area is 160 Å². The summed E-state index contributed by atoms with van der Waals surface area (Å²) < 4.78 is 35.8. The number of fused-ring (bicyclic) bond motifs is 1. The third-order valence-electron chi connectivity index (χ3n) is 4.47. The molecule has 2 aromatic heterocycles. The molecular weight excluding hydrogens is 379 g/mol. The van der Waals surface area contributed by atoms with Gasteiger partial charge in [0.25, 0.3) is 0 Å². The molecule has 0 amide bonds. The van der Waals surface area contributed by atoms with E-state index in [-0.39, 0.29) is 12.6 Å². The molecule has 0 aliphatic carbocycles. The van der Waals surface area contributed by atoms with Crippen LogP contribution in [0.1, 0.15) is 36.8 Å². The van der Waals surface area contributed by atoms with E-state index >= 15 is 0 Å². The van der Waals surface area contributed by atoms with Crippen LogP contribution >= 0.6 is 0 Å². The minimum absolute atomic E-state index is 0.148. The van der Waals surface area contributed by atoms with Crippen LogP contribution in [0.25, 0.3) is 0 Å². The highest BCUT2D eigenvalue weighted by atomic mass is 19.4. The van der Waals surface area contributed by atoms with E-state index in [2.05, 4.69) is 39.6 Å². The Morgan fingerprint density at radius 3 is 2.54 bits per heavy atom. The van der Waals surface area contributed by atoms with Gasteiger partial charge >= 0.3 is 12.1 Å². The van der Waals surface area contributed by atoms with Gasteiger partial charge in [0.05, 0.1) is 24.8 Å². The highest BCUT2D eigenvalue weighted by molar-refractivity contribution is 5.73. The van der Waals surface area contributed by atoms with Crippen LogP contribution < -0.4 is 0 Å². The molecule has 156 valence electrons. The van der Waals surface area contributed by atoms with E-state index in [1.807, 2.05) is 24.3 Å². The third-order valence-corrected chi connectivity index (χ3v) is 4.47. The zero-order valence-corrected chi connectivity index (χ0v) is 15.9. The van der Waals surface area contributed by atoms with Gasteiger partial charge in [0.2, 0.25) is 0 Å². The van der Waals surface area contributed by atoms with Crippen LogP contribution in [0, 0.1) is 0 Å². The molecule has 2 aromatic rings. The minimum Gasteiger partial charge on any atom is -0.475 e. The molecule has 0 radical (unpaired) electrons. The van der Waals surface area contributed by atoms with Crippen molar-refractivity contribution in [1.29, 1.82) is 0 Å². The van der Waals surface area contributed by atoms with E-state index in [0.29, 0.717) is 6.04 Å². The molecule has 3 rings (SSSR count). The van der Waals surface area contributed by atoms with Crippen LogP contribution in [0.2, 0.25) is 0 Å². The second-order valence-corrected chi connectivity index (χ2v) is 6.92. The Bertz CT molecular complexity index is 800. The highest BCUT2D eigenvalue weighted by Crippen LogP contribution is 2.23. The molecule has 0 fully saturated rings. The molecule has 11 heteroatoms. The molecule has 0 saturated heterocycles. The van der Waals surface area contributed by atoms with Gasteiger partial charge in [-0.15, -0.1) is 0 Å². The number of hydrogen-bond donors (Lipinski definition) is 2. The third kappa shape index (κ3) is 5.32. The number of rotatable bonds is 4. The molecule has 0 saturated carbocycles. The summed E-state index contributed by atoms with van der Waals surface area (Å²) in [6, 6.07) is 0.520. The van der Waals surface area contributed by atoms with Crippen molar-refractivity contribution < 1.29 is 28.2 Å². The first-order valence-electron chi connectivity index (χ1n) is 8.70. The monoisotopic (exact) mass is 403 g/mol. The number of aromatic nitrogens is 4. The smallest absolute Gasteiger partial charge is 0.475 e. The van der Waals surface area contributed by atoms with Crippen LogP contribution in [-0.4, -0.2) is 59.2 Å². The maximum atomic E-state index is 10.6. The van der Waals surface area contributed by atoms with Gasteiger partial charge in [0.15, 0.2) is 0 Å². The number of imidazole rings is 1. The van der Waals surface area contributed by atoms with Crippen molar-refractivity contribution in [3.63, 3.8) is 0 Å². The molecular formula is C17H24F3N5O3. The van der Waals surface area contributed by atoms with Gasteiger partial charge in [-0.2, -0.15) is 18.3 Å². The normalized spacial score (nSPS) is 17.2. The summed E-state index contributed by atoms with van der Waals surface area (Å²) in [4.78, 5) is 15.7. The quantitative estimate of drug-likeness (QED) is 0.808. The number of aryl methyl sites for hydroxylation is 1. The average Bonchev–Trinajstić information content (AvgIpc) is 3.21. The minimum atomic E-state index is -5.08. The van der Waals surface area contributed by atoms with Crippen molar-refractivity contribution in [2.45, 2.75) is 51.6 Å². The van der Waals surface area contributed by atoms with E-state index < -0.39 is 12.1 Å². The predicted octanol–water partition coefficient (Wildman–Crippen LogP) is 1.75. The molecule has 1 aliphatic heterocycles. The summed E-state index contributed by atoms with van der Waals surface area (Å²) >= 11 is 0. The fourth-order valence-corrected chi connectivity index (χ4v) is 2.91. The topological polar surface area (TPSA) is 96.4 Å². The summed E-state index contributed by atoms with van der Waals surface area (Å²) in [5.41, 5.74) is 3.54. The van der Waals surface area contributed by atoms with Crippen LogP contribution in [0.15, 0.2) is 18.7 Å². The lowest BCUT2D eigenvalue weighted by atomic mass is 10.0. The maximum absolute atomic E-state index is 10.6. The maximum Gasteiger partial charge on any atom is 0.490 e. The van der Waals surface area contributed by atoms with Crippen molar-refractivity contribution in [3.05, 3.63) is 35.7 Å². The number of nitrogens with zero attached hydrogens (tertiary/aromatic N) is 5. The second kappa shape index (κ2) is 8.74. The Morgan fingerprint density at radius 1 is 1.39 bits per heavy atom. The number of carboxylic acid groups (broad SMARTS) is 1. The molecule has 1 unspecified atom stereocenters. The number of aliphatic hydroxyl groups excluding tert-OH is 1. The number of carboxylic acids is 1. The molecule has 1 atom stereocenters. The van der Waals surface area contributed by atoms with Gasteiger partial charge < -0.3 is 14.8 Å². The lowest BCUT2D eigenvalue weighted by Crippen LogP contribution is -2.42. The molecule has 0 aromatic carbocycles. The largest absolute Gasteiger partial charge is 0.490 e. The van der Waals surface area contributed by atoms with Crippen LogP contribution in [-0.2, 0) is 31.4 Å². The zero-order chi connectivity index (χ0) is 21.1. The number of hydrogen-bond acceptors (Lipinski definition) is 5. The lowest BCUT2D eigenvalue weighted by Gasteiger charge is -2.34. The average molecular weight is 403 g/mol. The summed E-state index contributed by atoms with van der Waals surface area (Å²) in [7, 11) is 2.02. The van der Waals surface area contributed by atoms with Gasteiger partial charge in [0, 0.05) is 56.1 Å². The predicted molar refractivity (Wildman–Crippen MR) is 93.3 cm³/mol. The summed E-state index contributed by atoms with van der Waals surface area (Å²) in [6.07, 6.45) is 1.63. The van der Waals surface area contributed by atoms with Crippen molar-refractivity contribution in [1.82, 2.24) is 24.2 Å². The number of alkyl halides is 3. The zero-order valence-electron chi connectivity index (χ0n) is 15.9. The van der Waals surface area contributed by atoms with Gasteiger partial charge in [-0.3, -0.25) is 9.58 Å². The molecule has 3 heterocycles. The first-order valence-corrected chi connectivity index (χ1v) is 8.70. The summed E-state index contributed by atoms with van der Waals surface area (Å²) in [5.74, 6) is -2.76. The number of halogens is 3. The first-order chi connectivity index (χ1) is 13.0. The molecule has 28 heavy (non-hydrogen) atoms. The van der Waals surface area contributed by atoms with E-state index in [1.165, 1.54) is 11.3 Å². The number of aliphatic hydroxyl groups is 1. The van der Waals surface area contributed by atoms with Crippen molar-refractivity contribution in [2.75, 3.05) is 6.61 Å². The number of aliphatic carboxylic acids is 1. The molecule has 8 nitrogen and oxygen atoms in total. The highest BCUT2D eigenvalue weighted by Gasteiger charge is 2.38. The summed E-state index contributed by atoms with van der Waals surface area (Å²) in [5, 5.41) is 21.2. The molecule has 2 N–H and O–H groups in total. The first kappa shape index (κ1) is 21.9. The molecule has 0 spiro atoms. The van der Waals surface area contributed by atoms with Gasteiger partial charge in [0.1, 0.15) is 0 Å². The Balaban J connectivity index is 0.000000345. The Kier molecular flexibility index (Phi) is 6.83. The number of carbonyl (C=O) groups is 1. The van der Waals surface area contributed by atoms with Gasteiger partial charge in [-0.05, 0) is 13.8 Å². The van der Waals surface area contributed by atoms with Crippen molar-refractivity contribution in [3.8, 4) is 0 Å². The van der Waals surface area contributed by atoms with E-state index in [0.717, 1.165) is 25.2 Å². The van der Waals surface area contributed by atoms with Crippen LogP contribution in [0.4, 0.5) is 13.2 Å². The SMILES string of the molecule is CC(C)n1cc(CN2Cc3ncn(C)c3CC2CO)cn1.O=C(O)C(F)(F)F. The van der Waals surface area contributed by atoms with Crippen LogP contribution in [0.5, 0.6) is 0 Å². The Hall–Kier alpha value is -2.40. The van der Waals surface area contributed by atoms with E-state index in [1.54, 1.807) is 0 Å². The van der Waals surface area contributed by atoms with E-state index in [4.69, 9.17) is 9.90 Å². The van der Waals surface area contributed by atoms with Crippen molar-refractivity contribution >= 4 is 5.97 Å². The Morgan fingerprint density at radius 2 is 2.04 bits per heavy atom. The summed E-state index contributed by atoms with van der Waals surface area (Å²) in [6.45, 7) is 5.99. The van der Waals surface area contributed by atoms with E-state index in [9.17, 15) is 18.3 Å². The van der Waals surface area contributed by atoms with Crippen LogP contribution in [0.3, 0.4) is 0 Å². The molecule has 1 aliphatic rings. The van der Waals surface area contributed by atoms with Gasteiger partial charge in [-0.25, -0.2) is 9.78 Å².